The van der Waals surface area contributed by atoms with Gasteiger partial charge in [0.1, 0.15) is 0 Å². The van der Waals surface area contributed by atoms with E-state index in [1.807, 2.05) is 60.9 Å². The number of aryl methyl sites for hydroxylation is 2. The Labute approximate surface area is 237 Å². The summed E-state index contributed by atoms with van der Waals surface area (Å²) < 4.78 is 2.73. The van der Waals surface area contributed by atoms with Crippen LogP contribution in [0.4, 0.5) is 5.69 Å². The van der Waals surface area contributed by atoms with Crippen molar-refractivity contribution in [1.82, 2.24) is 20.1 Å². The van der Waals surface area contributed by atoms with Crippen molar-refractivity contribution in [1.29, 1.82) is 0 Å². The lowest BCUT2D eigenvalue weighted by atomic mass is 10.1. The molecular weight excluding hydrogens is 597 g/mol. The summed E-state index contributed by atoms with van der Waals surface area (Å²) in [5.41, 5.74) is 3.93. The number of thioether (sulfide) groups is 1. The van der Waals surface area contributed by atoms with Crippen LogP contribution >= 0.6 is 50.9 Å². The van der Waals surface area contributed by atoms with Gasteiger partial charge in [0.15, 0.2) is 11.0 Å². The quantitative estimate of drug-likeness (QED) is 0.217. The summed E-state index contributed by atoms with van der Waals surface area (Å²) in [6.45, 7) is 4.02. The van der Waals surface area contributed by atoms with Crippen LogP contribution in [0.3, 0.4) is 0 Å². The van der Waals surface area contributed by atoms with Crippen molar-refractivity contribution in [2.75, 3.05) is 11.1 Å². The predicted octanol–water partition coefficient (Wildman–Crippen LogP) is 6.61. The molecule has 0 radical (unpaired) electrons. The Kier molecular flexibility index (Phi) is 8.91. The number of amides is 2. The van der Waals surface area contributed by atoms with E-state index >= 15 is 0 Å². The zero-order valence-corrected chi connectivity index (χ0v) is 23.8. The first-order valence-corrected chi connectivity index (χ1v) is 13.7. The van der Waals surface area contributed by atoms with Crippen molar-refractivity contribution in [3.8, 4) is 5.69 Å². The Bertz CT molecular complexity index is 1460. The number of rotatable bonds is 8. The molecular formula is C26H22BrCl2N5O2S. The Morgan fingerprint density at radius 1 is 1.00 bits per heavy atom. The third-order valence-corrected chi connectivity index (χ3v) is 7.37. The normalized spacial score (nSPS) is 10.8. The van der Waals surface area contributed by atoms with Crippen LogP contribution in [0.15, 0.2) is 70.3 Å². The molecule has 2 amide bonds. The second kappa shape index (κ2) is 12.1. The highest BCUT2D eigenvalue weighted by molar-refractivity contribution is 9.10. The predicted molar refractivity (Wildman–Crippen MR) is 152 cm³/mol. The molecule has 190 valence electrons. The van der Waals surface area contributed by atoms with Gasteiger partial charge in [-0.05, 0) is 73.5 Å². The van der Waals surface area contributed by atoms with Crippen molar-refractivity contribution < 1.29 is 9.59 Å². The van der Waals surface area contributed by atoms with Crippen LogP contribution in [-0.2, 0) is 11.3 Å². The number of nitrogens with one attached hydrogen (secondary N) is 2. The average Bonchev–Trinajstić information content (AvgIpc) is 3.27. The van der Waals surface area contributed by atoms with E-state index < -0.39 is 0 Å². The first-order valence-electron chi connectivity index (χ1n) is 11.1. The van der Waals surface area contributed by atoms with Gasteiger partial charge in [0, 0.05) is 20.9 Å². The highest BCUT2D eigenvalue weighted by atomic mass is 79.9. The van der Waals surface area contributed by atoms with Gasteiger partial charge in [-0.2, -0.15) is 0 Å². The molecule has 1 aromatic heterocycles. The highest BCUT2D eigenvalue weighted by Crippen LogP contribution is 2.25. The third kappa shape index (κ3) is 6.93. The summed E-state index contributed by atoms with van der Waals surface area (Å²) >= 11 is 16.8. The van der Waals surface area contributed by atoms with Crippen molar-refractivity contribution in [3.05, 3.63) is 97.7 Å². The lowest BCUT2D eigenvalue weighted by molar-refractivity contribution is -0.113. The van der Waals surface area contributed by atoms with E-state index in [1.165, 1.54) is 17.8 Å². The molecule has 0 atom stereocenters. The molecule has 37 heavy (non-hydrogen) atoms. The summed E-state index contributed by atoms with van der Waals surface area (Å²) in [5, 5.41) is 15.6. The number of carbonyl (C=O) groups is 2. The van der Waals surface area contributed by atoms with Crippen LogP contribution in [0.25, 0.3) is 5.69 Å². The van der Waals surface area contributed by atoms with Gasteiger partial charge in [0.2, 0.25) is 5.91 Å². The Hall–Kier alpha value is -2.85. The minimum Gasteiger partial charge on any atom is -0.345 e. The minimum atomic E-state index is -0.367. The molecule has 7 nitrogen and oxygen atoms in total. The topological polar surface area (TPSA) is 88.9 Å². The van der Waals surface area contributed by atoms with Gasteiger partial charge in [-0.25, -0.2) is 0 Å². The molecule has 0 aliphatic heterocycles. The first kappa shape index (κ1) is 27.2. The largest absolute Gasteiger partial charge is 0.345 e. The SMILES string of the molecule is Cc1ccc(C)c(NC(=O)CSc2nnc(CNC(=O)c3ccc(Cl)cc3Cl)n2-c2ccc(Br)cc2)c1. The molecule has 4 aromatic rings. The Morgan fingerprint density at radius 2 is 1.76 bits per heavy atom. The highest BCUT2D eigenvalue weighted by Gasteiger charge is 2.18. The summed E-state index contributed by atoms with van der Waals surface area (Å²) in [4.78, 5) is 25.4. The maximum Gasteiger partial charge on any atom is 0.253 e. The lowest BCUT2D eigenvalue weighted by Gasteiger charge is -2.12. The second-order valence-corrected chi connectivity index (χ2v) is 10.9. The fraction of sp³-hybridized carbons (Fsp3) is 0.154. The van der Waals surface area contributed by atoms with E-state index in [0.717, 1.165) is 27.0 Å². The Balaban J connectivity index is 1.52. The van der Waals surface area contributed by atoms with Gasteiger partial charge < -0.3 is 10.6 Å². The number of anilines is 1. The smallest absolute Gasteiger partial charge is 0.253 e. The molecule has 4 rings (SSSR count). The summed E-state index contributed by atoms with van der Waals surface area (Å²) in [5.74, 6) is 0.109. The molecule has 0 aliphatic carbocycles. The fourth-order valence-corrected chi connectivity index (χ4v) is 5.00. The van der Waals surface area contributed by atoms with Crippen LogP contribution < -0.4 is 10.6 Å². The van der Waals surface area contributed by atoms with Gasteiger partial charge in [-0.15, -0.1) is 10.2 Å². The average molecular weight is 619 g/mol. The van der Waals surface area contributed by atoms with Crippen molar-refractivity contribution in [2.24, 2.45) is 0 Å². The van der Waals surface area contributed by atoms with E-state index in [1.54, 1.807) is 12.1 Å². The molecule has 1 heterocycles. The molecule has 0 spiro atoms. The number of aromatic nitrogens is 3. The number of nitrogens with zero attached hydrogens (tertiary/aromatic N) is 3. The molecule has 3 aromatic carbocycles. The van der Waals surface area contributed by atoms with E-state index in [9.17, 15) is 9.59 Å². The molecule has 0 saturated heterocycles. The van der Waals surface area contributed by atoms with Gasteiger partial charge >= 0.3 is 0 Å². The number of hydrogen-bond donors (Lipinski definition) is 2. The second-order valence-electron chi connectivity index (χ2n) is 8.17. The van der Waals surface area contributed by atoms with Crippen molar-refractivity contribution in [3.63, 3.8) is 0 Å². The maximum absolute atomic E-state index is 12.7. The van der Waals surface area contributed by atoms with Gasteiger partial charge in [0.05, 0.1) is 22.9 Å². The number of halogens is 3. The third-order valence-electron chi connectivity index (χ3n) is 5.37. The standard InChI is InChI=1S/C26H22BrCl2N5O2S/c1-15-3-4-16(2)22(11-15)31-24(35)14-37-26-33-32-23(34(26)19-8-5-17(27)6-9-19)13-30-25(36)20-10-7-18(28)12-21(20)29/h3-12H,13-14H2,1-2H3,(H,30,36)(H,31,35). The zero-order valence-electron chi connectivity index (χ0n) is 19.9. The van der Waals surface area contributed by atoms with E-state index in [-0.39, 0.29) is 29.1 Å². The number of hydrogen-bond acceptors (Lipinski definition) is 5. The molecule has 11 heteroatoms. The van der Waals surface area contributed by atoms with E-state index in [2.05, 4.69) is 36.8 Å². The van der Waals surface area contributed by atoms with Gasteiger partial charge in [0.25, 0.3) is 5.91 Å². The van der Waals surface area contributed by atoms with E-state index in [0.29, 0.717) is 21.6 Å². The summed E-state index contributed by atoms with van der Waals surface area (Å²) in [6.07, 6.45) is 0. The van der Waals surface area contributed by atoms with Crippen molar-refractivity contribution in [2.45, 2.75) is 25.5 Å². The molecule has 0 aliphatic rings. The zero-order chi connectivity index (χ0) is 26.5. The van der Waals surface area contributed by atoms with Crippen LogP contribution in [0.5, 0.6) is 0 Å². The number of benzene rings is 3. The lowest BCUT2D eigenvalue weighted by Crippen LogP contribution is -2.25. The summed E-state index contributed by atoms with van der Waals surface area (Å²) in [6, 6.07) is 18.2. The van der Waals surface area contributed by atoms with E-state index in [4.69, 9.17) is 23.2 Å². The van der Waals surface area contributed by atoms with Crippen LogP contribution in [0.2, 0.25) is 10.0 Å². The fourth-order valence-electron chi connectivity index (χ4n) is 3.47. The maximum atomic E-state index is 12.7. The van der Waals surface area contributed by atoms with Crippen LogP contribution in [-0.4, -0.2) is 32.3 Å². The minimum absolute atomic E-state index is 0.0933. The first-order chi connectivity index (χ1) is 17.7. The summed E-state index contributed by atoms with van der Waals surface area (Å²) in [7, 11) is 0. The molecule has 0 bridgehead atoms. The number of carbonyl (C=O) groups excluding carboxylic acids is 2. The molecule has 0 unspecified atom stereocenters. The molecule has 2 N–H and O–H groups in total. The molecule has 0 saturated carbocycles. The van der Waals surface area contributed by atoms with Gasteiger partial charge in [-0.3, -0.25) is 14.2 Å². The van der Waals surface area contributed by atoms with Crippen LogP contribution in [0, 0.1) is 13.8 Å². The monoisotopic (exact) mass is 617 g/mol. The van der Waals surface area contributed by atoms with Gasteiger partial charge in [-0.1, -0.05) is 63.0 Å². The van der Waals surface area contributed by atoms with Crippen molar-refractivity contribution >= 4 is 68.4 Å². The molecule has 0 fully saturated rings. The Morgan fingerprint density at radius 3 is 2.49 bits per heavy atom. The van der Waals surface area contributed by atoms with Crippen LogP contribution in [0.1, 0.15) is 27.3 Å².